The zero-order chi connectivity index (χ0) is 21.1. The zero-order valence-electron chi connectivity index (χ0n) is 16.2. The summed E-state index contributed by atoms with van der Waals surface area (Å²) in [5, 5.41) is 14.1. The van der Waals surface area contributed by atoms with Gasteiger partial charge in [-0.05, 0) is 28.5 Å². The first kappa shape index (κ1) is 19.4. The lowest BCUT2D eigenvalue weighted by Crippen LogP contribution is -2.29. The number of fused-ring (bicyclic) bond motifs is 2. The molecule has 4 rings (SSSR count). The molecule has 152 valence electrons. The highest BCUT2D eigenvalue weighted by molar-refractivity contribution is 5.85. The topological polar surface area (TPSA) is 123 Å². The minimum Gasteiger partial charge on any atom is -0.481 e. The number of hydrogen-bond donors (Lipinski definition) is 3. The van der Waals surface area contributed by atoms with Gasteiger partial charge < -0.3 is 16.2 Å². The van der Waals surface area contributed by atoms with Gasteiger partial charge in [-0.1, -0.05) is 42.5 Å². The lowest BCUT2D eigenvalue weighted by atomic mass is 10.0. The molecule has 4 N–H and O–H groups in total. The molecule has 8 nitrogen and oxygen atoms in total. The molecule has 0 spiro atoms. The summed E-state index contributed by atoms with van der Waals surface area (Å²) in [4.78, 5) is 32.2. The van der Waals surface area contributed by atoms with Crippen molar-refractivity contribution in [2.75, 3.05) is 11.9 Å². The second-order valence-electron chi connectivity index (χ2n) is 7.03. The largest absolute Gasteiger partial charge is 0.481 e. The van der Waals surface area contributed by atoms with Crippen molar-refractivity contribution in [2.24, 2.45) is 5.73 Å². The molecule has 0 aliphatic rings. The number of carboxylic acid groups (broad SMARTS) is 1. The van der Waals surface area contributed by atoms with E-state index in [1.165, 1.54) is 0 Å². The van der Waals surface area contributed by atoms with Crippen molar-refractivity contribution in [2.45, 2.75) is 18.9 Å². The fourth-order valence-corrected chi connectivity index (χ4v) is 3.54. The van der Waals surface area contributed by atoms with Gasteiger partial charge in [0.15, 0.2) is 5.65 Å². The number of nitrogens with one attached hydrogen (secondary N) is 1. The lowest BCUT2D eigenvalue weighted by molar-refractivity contribution is -0.136. The van der Waals surface area contributed by atoms with Gasteiger partial charge in [-0.3, -0.25) is 14.2 Å². The Morgan fingerprint density at radius 1 is 1.10 bits per heavy atom. The Balaban J connectivity index is 1.73. The predicted molar refractivity (Wildman–Crippen MR) is 114 cm³/mol. The maximum atomic E-state index is 12.5. The fourth-order valence-electron chi connectivity index (χ4n) is 3.54. The Morgan fingerprint density at radius 2 is 1.90 bits per heavy atom. The molecule has 0 saturated carbocycles. The van der Waals surface area contributed by atoms with E-state index in [1.807, 2.05) is 42.5 Å². The first-order valence-electron chi connectivity index (χ1n) is 9.58. The molecule has 1 atom stereocenters. The number of anilines is 1. The highest BCUT2D eigenvalue weighted by Crippen LogP contribution is 2.27. The summed E-state index contributed by atoms with van der Waals surface area (Å²) in [6.45, 7) is 0.167. The molecule has 30 heavy (non-hydrogen) atoms. The summed E-state index contributed by atoms with van der Waals surface area (Å²) in [5.41, 5.74) is 7.85. The molecular formula is C22H21N5O3. The van der Waals surface area contributed by atoms with Crippen LogP contribution in [0.3, 0.4) is 0 Å². The van der Waals surface area contributed by atoms with Crippen LogP contribution in [0, 0.1) is 0 Å². The molecule has 0 aliphatic heterocycles. The third-order valence-corrected chi connectivity index (χ3v) is 4.95. The van der Waals surface area contributed by atoms with Crippen LogP contribution in [0.15, 0.2) is 60.8 Å². The number of primary amides is 1. The van der Waals surface area contributed by atoms with Crippen LogP contribution in [-0.2, 0) is 16.0 Å². The van der Waals surface area contributed by atoms with Crippen LogP contribution in [0.1, 0.15) is 18.0 Å². The summed E-state index contributed by atoms with van der Waals surface area (Å²) in [7, 11) is 0. The van der Waals surface area contributed by atoms with Gasteiger partial charge in [-0.2, -0.15) is 0 Å². The van der Waals surface area contributed by atoms with Crippen molar-refractivity contribution in [1.29, 1.82) is 0 Å². The Hall–Kier alpha value is -3.94. The molecule has 2 aromatic carbocycles. The number of aromatic nitrogens is 3. The van der Waals surface area contributed by atoms with E-state index in [1.54, 1.807) is 22.9 Å². The molecule has 0 bridgehead atoms. The molecular weight excluding hydrogens is 382 g/mol. The lowest BCUT2D eigenvalue weighted by Gasteiger charge is -2.19. The number of carboxylic acids is 1. The van der Waals surface area contributed by atoms with Crippen molar-refractivity contribution in [1.82, 2.24) is 14.5 Å². The normalized spacial score (nSPS) is 12.1. The van der Waals surface area contributed by atoms with Gasteiger partial charge >= 0.3 is 5.97 Å². The number of pyridine rings is 1. The summed E-state index contributed by atoms with van der Waals surface area (Å²) >= 11 is 0. The van der Waals surface area contributed by atoms with E-state index in [0.29, 0.717) is 23.5 Å². The number of nitrogens with zero attached hydrogens (tertiary/aromatic N) is 3. The first-order chi connectivity index (χ1) is 14.5. The van der Waals surface area contributed by atoms with Gasteiger partial charge in [0.1, 0.15) is 11.6 Å². The van der Waals surface area contributed by atoms with Gasteiger partial charge in [0, 0.05) is 19.2 Å². The van der Waals surface area contributed by atoms with Crippen molar-refractivity contribution < 1.29 is 14.7 Å². The Bertz CT molecular complexity index is 1230. The summed E-state index contributed by atoms with van der Waals surface area (Å²) < 4.78 is 1.66. The molecule has 8 heteroatoms. The van der Waals surface area contributed by atoms with Crippen LogP contribution in [0.4, 0.5) is 5.95 Å². The molecule has 1 amide bonds. The van der Waals surface area contributed by atoms with Crippen molar-refractivity contribution >= 4 is 39.8 Å². The third-order valence-electron chi connectivity index (χ3n) is 4.95. The minimum absolute atomic E-state index is 0.0808. The fraction of sp³-hybridized carbons (Fsp3) is 0.182. The minimum atomic E-state index is -0.925. The van der Waals surface area contributed by atoms with E-state index < -0.39 is 17.9 Å². The highest BCUT2D eigenvalue weighted by atomic mass is 16.4. The molecule has 0 saturated heterocycles. The average molecular weight is 403 g/mol. The van der Waals surface area contributed by atoms with E-state index in [4.69, 9.17) is 10.8 Å². The molecule has 0 radical (unpaired) electrons. The van der Waals surface area contributed by atoms with Gasteiger partial charge in [-0.15, -0.1) is 0 Å². The molecule has 2 heterocycles. The number of nitrogens with two attached hydrogens (primary N) is 1. The summed E-state index contributed by atoms with van der Waals surface area (Å²) in [5.74, 6) is -1.07. The Morgan fingerprint density at radius 3 is 2.67 bits per heavy atom. The number of carbonyl (C=O) groups is 2. The molecule has 1 unspecified atom stereocenters. The van der Waals surface area contributed by atoms with E-state index in [-0.39, 0.29) is 13.0 Å². The van der Waals surface area contributed by atoms with Crippen LogP contribution < -0.4 is 11.1 Å². The van der Waals surface area contributed by atoms with E-state index >= 15 is 0 Å². The molecule has 0 aliphatic carbocycles. The first-order valence-corrected chi connectivity index (χ1v) is 9.58. The smallest absolute Gasteiger partial charge is 0.305 e. The number of hydrogen-bond acceptors (Lipinski definition) is 5. The van der Waals surface area contributed by atoms with E-state index in [9.17, 15) is 9.59 Å². The zero-order valence-corrected chi connectivity index (χ0v) is 16.2. The van der Waals surface area contributed by atoms with Gasteiger partial charge in [-0.25, -0.2) is 9.97 Å². The number of aliphatic carboxylic acids is 1. The average Bonchev–Trinajstić information content (AvgIpc) is 3.09. The van der Waals surface area contributed by atoms with Crippen molar-refractivity contribution in [3.63, 3.8) is 0 Å². The van der Waals surface area contributed by atoms with Crippen molar-refractivity contribution in [3.05, 3.63) is 66.4 Å². The molecule has 0 fully saturated rings. The summed E-state index contributed by atoms with van der Waals surface area (Å²) in [6, 6.07) is 16.8. The summed E-state index contributed by atoms with van der Waals surface area (Å²) in [6.07, 6.45) is 1.90. The van der Waals surface area contributed by atoms with Crippen molar-refractivity contribution in [3.8, 4) is 0 Å². The van der Waals surface area contributed by atoms with Gasteiger partial charge in [0.2, 0.25) is 11.9 Å². The van der Waals surface area contributed by atoms with Crippen LogP contribution >= 0.6 is 0 Å². The van der Waals surface area contributed by atoms with E-state index in [0.717, 1.165) is 16.3 Å². The van der Waals surface area contributed by atoms with Crippen LogP contribution in [0.5, 0.6) is 0 Å². The van der Waals surface area contributed by atoms with Gasteiger partial charge in [0.05, 0.1) is 6.42 Å². The van der Waals surface area contributed by atoms with Gasteiger partial charge in [0.25, 0.3) is 0 Å². The maximum Gasteiger partial charge on any atom is 0.305 e. The standard InChI is InChI=1S/C22H21N5O3/c23-20(30)18(13-14-7-8-15-4-1-2-5-16(15)12-14)27-21-17(6-3-10-24-21)26-22(27)25-11-9-19(28)29/h1-8,10,12,18H,9,11,13H2,(H2,23,30)(H,25,26)(H,28,29). The second-order valence-corrected chi connectivity index (χ2v) is 7.03. The highest BCUT2D eigenvalue weighted by Gasteiger charge is 2.25. The van der Waals surface area contributed by atoms with Crippen LogP contribution in [-0.4, -0.2) is 38.1 Å². The molecule has 2 aromatic heterocycles. The van der Waals surface area contributed by atoms with Crippen LogP contribution in [0.2, 0.25) is 0 Å². The Kier molecular flexibility index (Phi) is 5.30. The van der Waals surface area contributed by atoms with Crippen LogP contribution in [0.25, 0.3) is 21.9 Å². The number of amides is 1. The quantitative estimate of drug-likeness (QED) is 0.416. The second kappa shape index (κ2) is 8.20. The monoisotopic (exact) mass is 403 g/mol. The van der Waals surface area contributed by atoms with E-state index in [2.05, 4.69) is 15.3 Å². The molecule has 4 aromatic rings. The number of carbonyl (C=O) groups excluding carboxylic acids is 1. The Labute approximate surface area is 172 Å². The maximum absolute atomic E-state index is 12.5. The predicted octanol–water partition coefficient (Wildman–Crippen LogP) is 2.74. The number of imidazole rings is 1. The number of rotatable bonds is 8. The SMILES string of the molecule is NC(=O)C(Cc1ccc2ccccc2c1)n1c(NCCC(=O)O)nc2cccnc21. The number of benzene rings is 2. The third kappa shape index (κ3) is 3.93.